The number of amides is 1. The smallest absolute Gasteiger partial charge is 0.329 e. The Labute approximate surface area is 127 Å². The number of aliphatic hydroxyl groups excluding tert-OH is 2. The third kappa shape index (κ3) is 3.05. The first kappa shape index (κ1) is 16.3. The first-order chi connectivity index (χ1) is 10.3. The summed E-state index contributed by atoms with van der Waals surface area (Å²) in [6.45, 7) is -0.725. The van der Waals surface area contributed by atoms with Crippen LogP contribution in [0.1, 0.15) is 0 Å². The van der Waals surface area contributed by atoms with E-state index in [2.05, 4.69) is 9.97 Å². The van der Waals surface area contributed by atoms with Crippen LogP contribution in [0.3, 0.4) is 0 Å². The Bertz CT molecular complexity index is 823. The molecule has 0 aliphatic rings. The molecule has 11 heteroatoms. The second kappa shape index (κ2) is 6.34. The van der Waals surface area contributed by atoms with Gasteiger partial charge in [-0.1, -0.05) is 11.8 Å². The summed E-state index contributed by atoms with van der Waals surface area (Å²) >= 11 is 1.04. The number of aliphatic hydroxyl groups is 2. The van der Waals surface area contributed by atoms with Crippen molar-refractivity contribution in [1.29, 1.82) is 0 Å². The lowest BCUT2D eigenvalue weighted by Crippen LogP contribution is -2.30. The zero-order chi connectivity index (χ0) is 16.4. The van der Waals surface area contributed by atoms with Gasteiger partial charge in [0, 0.05) is 12.8 Å². The molecule has 0 saturated carbocycles. The fourth-order valence-electron chi connectivity index (χ4n) is 1.85. The van der Waals surface area contributed by atoms with Gasteiger partial charge in [0.2, 0.25) is 5.91 Å². The number of H-pyrrole nitrogens is 1. The van der Waals surface area contributed by atoms with Crippen LogP contribution < -0.4 is 17.0 Å². The van der Waals surface area contributed by atoms with Crippen molar-refractivity contribution in [3.8, 4) is 0 Å². The quantitative estimate of drug-likeness (QED) is 0.422. The second-order valence-corrected chi connectivity index (χ2v) is 5.57. The van der Waals surface area contributed by atoms with Crippen LogP contribution in [-0.2, 0) is 18.4 Å². The number of primary amides is 1. The fraction of sp³-hybridized carbons (Fsp3) is 0.455. The number of carbonyl (C=O) groups is 1. The zero-order valence-corrected chi connectivity index (χ0v) is 12.5. The van der Waals surface area contributed by atoms with Crippen molar-refractivity contribution in [2.75, 3.05) is 12.4 Å². The van der Waals surface area contributed by atoms with E-state index in [1.807, 2.05) is 0 Å². The molecule has 0 aromatic carbocycles. The SMILES string of the molecule is Cn1c(=O)[nH]c(=O)c2c1nc(SC[C@@H](O)CO)n2CC(N)=O. The number of aromatic amines is 1. The molecule has 22 heavy (non-hydrogen) atoms. The Balaban J connectivity index is 2.61. The molecule has 5 N–H and O–H groups in total. The molecule has 2 aromatic rings. The number of nitrogens with one attached hydrogen (secondary N) is 1. The van der Waals surface area contributed by atoms with E-state index in [1.165, 1.54) is 11.6 Å². The van der Waals surface area contributed by atoms with Crippen LogP contribution in [0.5, 0.6) is 0 Å². The van der Waals surface area contributed by atoms with Crippen LogP contribution in [0, 0.1) is 0 Å². The predicted octanol–water partition coefficient (Wildman–Crippen LogP) is -2.65. The highest BCUT2D eigenvalue weighted by Gasteiger charge is 2.19. The summed E-state index contributed by atoms with van der Waals surface area (Å²) in [5, 5.41) is 18.5. The highest BCUT2D eigenvalue weighted by molar-refractivity contribution is 7.99. The number of imidazole rings is 1. The Kier molecular flexibility index (Phi) is 4.68. The van der Waals surface area contributed by atoms with Crippen molar-refractivity contribution in [2.45, 2.75) is 17.8 Å². The standard InChI is InChI=1S/C11H15N5O5S/c1-15-8-7(9(20)14-10(15)21)16(2-6(12)19)11(13-8)22-4-5(18)3-17/h5,17-18H,2-4H2,1H3,(H2,12,19)(H,14,20,21)/t5-/m0/s1. The maximum atomic E-state index is 12.0. The molecule has 0 spiro atoms. The third-order valence-electron chi connectivity index (χ3n) is 2.90. The third-order valence-corrected chi connectivity index (χ3v) is 4.02. The van der Waals surface area contributed by atoms with Crippen molar-refractivity contribution in [1.82, 2.24) is 19.1 Å². The largest absolute Gasteiger partial charge is 0.394 e. The number of aromatic nitrogens is 4. The molecule has 1 atom stereocenters. The molecule has 2 rings (SSSR count). The summed E-state index contributed by atoms with van der Waals surface area (Å²) in [6, 6.07) is 0. The fourth-order valence-corrected chi connectivity index (χ4v) is 2.76. The van der Waals surface area contributed by atoms with Crippen LogP contribution >= 0.6 is 11.8 Å². The Morgan fingerprint density at radius 1 is 1.50 bits per heavy atom. The first-order valence-corrected chi connectivity index (χ1v) is 7.23. The normalized spacial score (nSPS) is 12.7. The monoisotopic (exact) mass is 329 g/mol. The molecule has 0 aliphatic heterocycles. The predicted molar refractivity (Wildman–Crippen MR) is 78.6 cm³/mol. The lowest BCUT2D eigenvalue weighted by Gasteiger charge is -2.08. The minimum absolute atomic E-state index is 0.0434. The minimum atomic E-state index is -0.978. The number of aryl methyl sites for hydroxylation is 1. The molecule has 2 aromatic heterocycles. The molecule has 1 amide bonds. The van der Waals surface area contributed by atoms with Gasteiger partial charge in [0.25, 0.3) is 5.56 Å². The van der Waals surface area contributed by atoms with Gasteiger partial charge in [0.15, 0.2) is 16.3 Å². The molecule has 0 bridgehead atoms. The molecular formula is C11H15N5O5S. The summed E-state index contributed by atoms with van der Waals surface area (Å²) in [7, 11) is 1.43. The van der Waals surface area contributed by atoms with E-state index in [9.17, 15) is 19.5 Å². The van der Waals surface area contributed by atoms with E-state index in [4.69, 9.17) is 10.8 Å². The van der Waals surface area contributed by atoms with Gasteiger partial charge in [-0.05, 0) is 0 Å². The van der Waals surface area contributed by atoms with Gasteiger partial charge in [-0.25, -0.2) is 9.78 Å². The van der Waals surface area contributed by atoms with Crippen LogP contribution in [0.15, 0.2) is 14.7 Å². The number of thioether (sulfide) groups is 1. The summed E-state index contributed by atoms with van der Waals surface area (Å²) in [5.74, 6) is -0.582. The van der Waals surface area contributed by atoms with E-state index < -0.39 is 29.9 Å². The van der Waals surface area contributed by atoms with Gasteiger partial charge < -0.3 is 20.5 Å². The van der Waals surface area contributed by atoms with E-state index in [1.54, 1.807) is 0 Å². The van der Waals surface area contributed by atoms with Crippen LogP contribution in [0.4, 0.5) is 0 Å². The van der Waals surface area contributed by atoms with E-state index in [0.717, 1.165) is 16.3 Å². The van der Waals surface area contributed by atoms with Crippen molar-refractivity contribution in [2.24, 2.45) is 12.8 Å². The highest BCUT2D eigenvalue weighted by atomic mass is 32.2. The summed E-state index contributed by atoms with van der Waals surface area (Å²) < 4.78 is 2.42. The Morgan fingerprint density at radius 2 is 2.18 bits per heavy atom. The van der Waals surface area contributed by atoms with Gasteiger partial charge in [-0.3, -0.25) is 19.1 Å². The van der Waals surface area contributed by atoms with Crippen LogP contribution in [-0.4, -0.2) is 53.7 Å². The molecule has 0 fully saturated rings. The number of fused-ring (bicyclic) bond motifs is 1. The van der Waals surface area contributed by atoms with Gasteiger partial charge in [0.1, 0.15) is 6.54 Å². The number of nitrogens with two attached hydrogens (primary N) is 1. The van der Waals surface area contributed by atoms with E-state index >= 15 is 0 Å². The van der Waals surface area contributed by atoms with Gasteiger partial charge >= 0.3 is 5.69 Å². The minimum Gasteiger partial charge on any atom is -0.394 e. The van der Waals surface area contributed by atoms with Crippen molar-refractivity contribution in [3.05, 3.63) is 20.8 Å². The number of hydrogen-bond donors (Lipinski definition) is 4. The molecule has 0 aliphatic carbocycles. The molecule has 2 heterocycles. The van der Waals surface area contributed by atoms with Crippen LogP contribution in [0.25, 0.3) is 11.2 Å². The van der Waals surface area contributed by atoms with E-state index in [0.29, 0.717) is 0 Å². The Hall–Kier alpha value is -2.11. The van der Waals surface area contributed by atoms with Crippen molar-refractivity contribution in [3.63, 3.8) is 0 Å². The zero-order valence-electron chi connectivity index (χ0n) is 11.6. The lowest BCUT2D eigenvalue weighted by atomic mass is 10.4. The summed E-state index contributed by atoms with van der Waals surface area (Å²) in [4.78, 5) is 41.1. The number of rotatable bonds is 6. The molecule has 10 nitrogen and oxygen atoms in total. The number of hydrogen-bond acceptors (Lipinski definition) is 7. The van der Waals surface area contributed by atoms with Gasteiger partial charge in [-0.2, -0.15) is 0 Å². The van der Waals surface area contributed by atoms with Gasteiger partial charge in [0.05, 0.1) is 12.7 Å². The average molecular weight is 329 g/mol. The molecule has 120 valence electrons. The van der Waals surface area contributed by atoms with E-state index in [-0.39, 0.29) is 28.6 Å². The molecular weight excluding hydrogens is 314 g/mol. The highest BCUT2D eigenvalue weighted by Crippen LogP contribution is 2.21. The first-order valence-electron chi connectivity index (χ1n) is 6.24. The van der Waals surface area contributed by atoms with Crippen molar-refractivity contribution < 1.29 is 15.0 Å². The number of carbonyl (C=O) groups excluding carboxylic acids is 1. The summed E-state index contributed by atoms with van der Waals surface area (Å²) in [6.07, 6.45) is -0.978. The molecule has 0 unspecified atom stereocenters. The number of nitrogens with zero attached hydrogens (tertiary/aromatic N) is 3. The molecule has 0 saturated heterocycles. The van der Waals surface area contributed by atoms with Crippen LogP contribution in [0.2, 0.25) is 0 Å². The molecule has 0 radical (unpaired) electrons. The maximum absolute atomic E-state index is 12.0. The summed E-state index contributed by atoms with van der Waals surface area (Å²) in [5.41, 5.74) is 4.02. The lowest BCUT2D eigenvalue weighted by molar-refractivity contribution is -0.118. The average Bonchev–Trinajstić information content (AvgIpc) is 2.80. The van der Waals surface area contributed by atoms with Gasteiger partial charge in [-0.15, -0.1) is 0 Å². The maximum Gasteiger partial charge on any atom is 0.329 e. The second-order valence-electron chi connectivity index (χ2n) is 4.58. The topological polar surface area (TPSA) is 156 Å². The van der Waals surface area contributed by atoms with Crippen molar-refractivity contribution >= 4 is 28.8 Å². The Morgan fingerprint density at radius 3 is 2.77 bits per heavy atom.